The average Bonchev–Trinajstić information content (AvgIpc) is 2.29. The molecule has 1 aromatic rings. The van der Waals surface area contributed by atoms with Gasteiger partial charge in [-0.25, -0.2) is 0 Å². The van der Waals surface area contributed by atoms with Crippen LogP contribution in [0.5, 0.6) is 0 Å². The summed E-state index contributed by atoms with van der Waals surface area (Å²) in [5, 5.41) is 12.7. The summed E-state index contributed by atoms with van der Waals surface area (Å²) >= 11 is 9.21. The molecular weight excluding hydrogens is 330 g/mol. The maximum absolute atomic E-state index is 12.2. The number of rotatable bonds is 4. The molecule has 19 heavy (non-hydrogen) atoms. The van der Waals surface area contributed by atoms with E-state index < -0.39 is 0 Å². The highest BCUT2D eigenvalue weighted by atomic mass is 79.9. The van der Waals surface area contributed by atoms with Gasteiger partial charge in [-0.3, -0.25) is 4.79 Å². The van der Waals surface area contributed by atoms with E-state index in [1.54, 1.807) is 18.2 Å². The minimum absolute atomic E-state index is 0.0340. The van der Waals surface area contributed by atoms with E-state index in [0.717, 1.165) is 0 Å². The first-order valence-corrected chi connectivity index (χ1v) is 7.27. The molecule has 1 unspecified atom stereocenters. The van der Waals surface area contributed by atoms with Crippen molar-refractivity contribution in [1.29, 1.82) is 0 Å². The fourth-order valence-corrected chi connectivity index (χ4v) is 2.43. The normalized spacial score (nSPS) is 13.2. The van der Waals surface area contributed by atoms with Crippen LogP contribution in [0.3, 0.4) is 0 Å². The topological polar surface area (TPSA) is 49.3 Å². The van der Waals surface area contributed by atoms with Crippen LogP contribution in [0.25, 0.3) is 0 Å². The van der Waals surface area contributed by atoms with Crippen molar-refractivity contribution in [2.75, 3.05) is 6.61 Å². The molecule has 3 nitrogen and oxygen atoms in total. The third kappa shape index (κ3) is 5.51. The van der Waals surface area contributed by atoms with Crippen LogP contribution >= 0.6 is 27.5 Å². The minimum atomic E-state index is -0.265. The number of hydrogen-bond donors (Lipinski definition) is 2. The number of carbonyl (C=O) groups excluding carboxylic acids is 1. The molecule has 0 aliphatic carbocycles. The van der Waals surface area contributed by atoms with Crippen molar-refractivity contribution in [2.45, 2.75) is 33.2 Å². The number of benzene rings is 1. The molecule has 0 heterocycles. The lowest BCUT2D eigenvalue weighted by Crippen LogP contribution is -2.40. The Morgan fingerprint density at radius 1 is 1.47 bits per heavy atom. The van der Waals surface area contributed by atoms with Gasteiger partial charge >= 0.3 is 0 Å². The van der Waals surface area contributed by atoms with Crippen molar-refractivity contribution in [1.82, 2.24) is 5.32 Å². The van der Waals surface area contributed by atoms with E-state index in [1.165, 1.54) is 0 Å². The number of halogens is 2. The van der Waals surface area contributed by atoms with E-state index in [2.05, 4.69) is 42.0 Å². The third-order valence-electron chi connectivity index (χ3n) is 2.59. The van der Waals surface area contributed by atoms with Crippen LogP contribution in [-0.4, -0.2) is 23.7 Å². The Bertz CT molecular complexity index is 457. The average molecular weight is 349 g/mol. The second kappa shape index (κ2) is 6.73. The Morgan fingerprint density at radius 3 is 2.63 bits per heavy atom. The molecule has 0 aliphatic rings. The smallest absolute Gasteiger partial charge is 0.252 e. The first-order chi connectivity index (χ1) is 8.73. The molecular formula is C14H19BrClNO2. The number of hydrogen-bond acceptors (Lipinski definition) is 2. The van der Waals surface area contributed by atoms with Crippen LogP contribution in [0, 0.1) is 5.41 Å². The number of aliphatic hydroxyl groups excluding tert-OH is 1. The summed E-state index contributed by atoms with van der Waals surface area (Å²) in [6, 6.07) is 4.78. The van der Waals surface area contributed by atoms with E-state index in [4.69, 9.17) is 11.6 Å². The zero-order valence-corrected chi connectivity index (χ0v) is 13.7. The van der Waals surface area contributed by atoms with E-state index in [-0.39, 0.29) is 24.0 Å². The SMILES string of the molecule is CC(C)(C)CC(CO)NC(=O)c1cc(Cl)ccc1Br. The van der Waals surface area contributed by atoms with Gasteiger partial charge in [-0.2, -0.15) is 0 Å². The maximum Gasteiger partial charge on any atom is 0.252 e. The molecule has 0 fully saturated rings. The Hall–Kier alpha value is -0.580. The van der Waals surface area contributed by atoms with Crippen molar-refractivity contribution in [3.05, 3.63) is 33.3 Å². The summed E-state index contributed by atoms with van der Waals surface area (Å²) < 4.78 is 0.682. The Balaban J connectivity index is 2.80. The molecule has 1 rings (SSSR count). The van der Waals surface area contributed by atoms with Gasteiger partial charge in [-0.05, 0) is 46.0 Å². The molecule has 0 bridgehead atoms. The van der Waals surface area contributed by atoms with Gasteiger partial charge in [0.25, 0.3) is 5.91 Å². The van der Waals surface area contributed by atoms with Crippen LogP contribution in [0.15, 0.2) is 22.7 Å². The summed E-state index contributed by atoms with van der Waals surface area (Å²) in [6.45, 7) is 6.12. The summed E-state index contributed by atoms with van der Waals surface area (Å²) in [5.41, 5.74) is 0.506. The standard InChI is InChI=1S/C14H19BrClNO2/c1-14(2,3)7-10(8-18)17-13(19)11-6-9(16)4-5-12(11)15/h4-6,10,18H,7-8H2,1-3H3,(H,17,19). The van der Waals surface area contributed by atoms with Gasteiger partial charge in [0.15, 0.2) is 0 Å². The Labute approximate surface area is 127 Å². The molecule has 5 heteroatoms. The minimum Gasteiger partial charge on any atom is -0.394 e. The van der Waals surface area contributed by atoms with Crippen molar-refractivity contribution in [3.63, 3.8) is 0 Å². The highest BCUT2D eigenvalue weighted by molar-refractivity contribution is 9.10. The lowest BCUT2D eigenvalue weighted by molar-refractivity contribution is 0.0897. The molecule has 0 saturated carbocycles. The summed E-state index contributed by atoms with van der Waals surface area (Å²) in [5.74, 6) is -0.238. The van der Waals surface area contributed by atoms with Crippen molar-refractivity contribution < 1.29 is 9.90 Å². The lowest BCUT2D eigenvalue weighted by atomic mass is 9.88. The summed E-state index contributed by atoms with van der Waals surface area (Å²) in [7, 11) is 0. The maximum atomic E-state index is 12.2. The van der Waals surface area contributed by atoms with Crippen molar-refractivity contribution in [3.8, 4) is 0 Å². The van der Waals surface area contributed by atoms with Gasteiger partial charge in [0.2, 0.25) is 0 Å². The van der Waals surface area contributed by atoms with Gasteiger partial charge in [-0.1, -0.05) is 32.4 Å². The molecule has 0 spiro atoms. The molecule has 1 amide bonds. The predicted octanol–water partition coefficient (Wildman–Crippen LogP) is 3.63. The lowest BCUT2D eigenvalue weighted by Gasteiger charge is -2.25. The fourth-order valence-electron chi connectivity index (χ4n) is 1.84. The quantitative estimate of drug-likeness (QED) is 0.873. The monoisotopic (exact) mass is 347 g/mol. The van der Waals surface area contributed by atoms with Crippen LogP contribution in [-0.2, 0) is 0 Å². The van der Waals surface area contributed by atoms with Crippen LogP contribution in [0.4, 0.5) is 0 Å². The van der Waals surface area contributed by atoms with Crippen molar-refractivity contribution >= 4 is 33.4 Å². The molecule has 1 atom stereocenters. The molecule has 2 N–H and O–H groups in total. The first-order valence-electron chi connectivity index (χ1n) is 6.10. The molecule has 0 aromatic heterocycles. The first kappa shape index (κ1) is 16.5. The molecule has 0 aliphatic heterocycles. The number of amides is 1. The Morgan fingerprint density at radius 2 is 2.11 bits per heavy atom. The third-order valence-corrected chi connectivity index (χ3v) is 3.51. The van der Waals surface area contributed by atoms with E-state index in [9.17, 15) is 9.90 Å². The number of nitrogens with one attached hydrogen (secondary N) is 1. The number of carbonyl (C=O) groups is 1. The van der Waals surface area contributed by atoms with Crippen LogP contribution < -0.4 is 5.32 Å². The summed E-state index contributed by atoms with van der Waals surface area (Å²) in [4.78, 5) is 12.2. The molecule has 0 radical (unpaired) electrons. The van der Waals surface area contributed by atoms with E-state index in [1.807, 2.05) is 0 Å². The molecule has 1 aromatic carbocycles. The van der Waals surface area contributed by atoms with Gasteiger partial charge in [0.1, 0.15) is 0 Å². The van der Waals surface area contributed by atoms with Crippen LogP contribution in [0.2, 0.25) is 5.02 Å². The van der Waals surface area contributed by atoms with Gasteiger partial charge in [0.05, 0.1) is 18.2 Å². The highest BCUT2D eigenvalue weighted by Gasteiger charge is 2.21. The van der Waals surface area contributed by atoms with Crippen LogP contribution in [0.1, 0.15) is 37.6 Å². The molecule has 0 saturated heterocycles. The Kier molecular flexibility index (Phi) is 5.83. The second-order valence-corrected chi connectivity index (χ2v) is 7.03. The fraction of sp³-hybridized carbons (Fsp3) is 0.500. The highest BCUT2D eigenvalue weighted by Crippen LogP contribution is 2.23. The van der Waals surface area contributed by atoms with E-state index in [0.29, 0.717) is 21.5 Å². The van der Waals surface area contributed by atoms with Gasteiger partial charge in [0, 0.05) is 9.50 Å². The largest absolute Gasteiger partial charge is 0.394 e. The van der Waals surface area contributed by atoms with E-state index >= 15 is 0 Å². The van der Waals surface area contributed by atoms with Crippen molar-refractivity contribution in [2.24, 2.45) is 5.41 Å². The number of aliphatic hydroxyl groups is 1. The summed E-state index contributed by atoms with van der Waals surface area (Å²) in [6.07, 6.45) is 0.702. The predicted molar refractivity (Wildman–Crippen MR) is 81.6 cm³/mol. The van der Waals surface area contributed by atoms with Gasteiger partial charge in [-0.15, -0.1) is 0 Å². The second-order valence-electron chi connectivity index (χ2n) is 5.74. The zero-order chi connectivity index (χ0) is 14.6. The zero-order valence-electron chi connectivity index (χ0n) is 11.3. The van der Waals surface area contributed by atoms with Gasteiger partial charge < -0.3 is 10.4 Å². The molecule has 106 valence electrons.